The lowest BCUT2D eigenvalue weighted by atomic mass is 10.00. The highest BCUT2D eigenvalue weighted by atomic mass is 35.5. The highest BCUT2D eigenvalue weighted by Crippen LogP contribution is 2.41. The van der Waals surface area contributed by atoms with Crippen molar-refractivity contribution < 1.29 is 22.8 Å². The molecule has 0 fully saturated rings. The topological polar surface area (TPSA) is 54.3 Å². The van der Waals surface area contributed by atoms with E-state index >= 15 is 0 Å². The Morgan fingerprint density at radius 1 is 1.06 bits per heavy atom. The first-order chi connectivity index (χ1) is 16.0. The minimum atomic E-state index is -4.69. The van der Waals surface area contributed by atoms with Crippen molar-refractivity contribution in [3.05, 3.63) is 82.1 Å². The SMILES string of the molecule is CC(=O)NCCN(C)C(=O)c1c(-c2ccc(Cl)cc2)c(C)c(C(F)(F)F)n1Cc1ccccc1. The van der Waals surface area contributed by atoms with Crippen molar-refractivity contribution in [2.75, 3.05) is 20.1 Å². The molecule has 9 heteroatoms. The van der Waals surface area contributed by atoms with E-state index in [1.54, 1.807) is 54.6 Å². The van der Waals surface area contributed by atoms with Gasteiger partial charge in [-0.25, -0.2) is 0 Å². The third-order valence-corrected chi connectivity index (χ3v) is 5.71. The lowest BCUT2D eigenvalue weighted by Crippen LogP contribution is -2.36. The van der Waals surface area contributed by atoms with Crippen LogP contribution in [0.3, 0.4) is 0 Å². The maximum atomic E-state index is 14.3. The standard InChI is InChI=1S/C25H25ClF3N3O2/c1-16-21(19-9-11-20(26)12-10-19)22(24(34)31(3)14-13-30-17(2)33)32(23(16)25(27,28)29)15-18-7-5-4-6-8-18/h4-12H,13-15H2,1-3H3,(H,30,33). The lowest BCUT2D eigenvalue weighted by Gasteiger charge is -2.21. The number of hydrogen-bond donors (Lipinski definition) is 1. The molecule has 2 aromatic carbocycles. The van der Waals surface area contributed by atoms with Crippen LogP contribution in [0.25, 0.3) is 11.1 Å². The zero-order valence-corrected chi connectivity index (χ0v) is 19.8. The van der Waals surface area contributed by atoms with Crippen LogP contribution in [0.2, 0.25) is 5.02 Å². The van der Waals surface area contributed by atoms with Crippen LogP contribution < -0.4 is 5.32 Å². The molecule has 5 nitrogen and oxygen atoms in total. The molecule has 0 aliphatic carbocycles. The molecule has 0 spiro atoms. The summed E-state index contributed by atoms with van der Waals surface area (Å²) in [5, 5.41) is 3.03. The molecule has 2 amide bonds. The molecule has 0 saturated carbocycles. The molecular weight excluding hydrogens is 467 g/mol. The minimum Gasteiger partial charge on any atom is -0.355 e. The molecule has 34 heavy (non-hydrogen) atoms. The molecule has 1 aromatic heterocycles. The average Bonchev–Trinajstić information content (AvgIpc) is 3.06. The summed E-state index contributed by atoms with van der Waals surface area (Å²) in [5.41, 5.74) is 0.306. The average molecular weight is 492 g/mol. The number of halogens is 4. The first-order valence-electron chi connectivity index (χ1n) is 10.6. The monoisotopic (exact) mass is 491 g/mol. The Bertz CT molecular complexity index is 1170. The van der Waals surface area contributed by atoms with Gasteiger partial charge in [-0.05, 0) is 35.7 Å². The summed E-state index contributed by atoms with van der Waals surface area (Å²) < 4.78 is 44.0. The number of rotatable bonds is 7. The zero-order valence-electron chi connectivity index (χ0n) is 19.0. The van der Waals surface area contributed by atoms with E-state index in [0.29, 0.717) is 16.1 Å². The largest absolute Gasteiger partial charge is 0.431 e. The number of likely N-dealkylation sites (N-methyl/N-ethyl adjacent to an activating group) is 1. The second-order valence-corrected chi connectivity index (χ2v) is 8.42. The van der Waals surface area contributed by atoms with Crippen molar-refractivity contribution in [2.45, 2.75) is 26.6 Å². The number of carbonyl (C=O) groups is 2. The molecule has 180 valence electrons. The fourth-order valence-electron chi connectivity index (χ4n) is 3.91. The van der Waals surface area contributed by atoms with Crippen molar-refractivity contribution in [1.29, 1.82) is 0 Å². The Morgan fingerprint density at radius 3 is 2.24 bits per heavy atom. The van der Waals surface area contributed by atoms with Gasteiger partial charge < -0.3 is 14.8 Å². The van der Waals surface area contributed by atoms with E-state index < -0.39 is 17.8 Å². The molecule has 0 saturated heterocycles. The van der Waals surface area contributed by atoms with Gasteiger partial charge in [-0.15, -0.1) is 0 Å². The van der Waals surface area contributed by atoms with Gasteiger partial charge in [0.15, 0.2) is 0 Å². The maximum absolute atomic E-state index is 14.3. The van der Waals surface area contributed by atoms with Crippen LogP contribution in [0.5, 0.6) is 0 Å². The Hall–Kier alpha value is -3.26. The van der Waals surface area contributed by atoms with Gasteiger partial charge in [0.25, 0.3) is 5.91 Å². The number of benzene rings is 2. The smallest absolute Gasteiger partial charge is 0.355 e. The summed E-state index contributed by atoms with van der Waals surface area (Å²) in [6.45, 7) is 2.91. The molecule has 3 aromatic rings. The lowest BCUT2D eigenvalue weighted by molar-refractivity contribution is -0.143. The van der Waals surface area contributed by atoms with Crippen molar-refractivity contribution in [3.63, 3.8) is 0 Å². The number of amides is 2. The second-order valence-electron chi connectivity index (χ2n) is 7.98. The second kappa shape index (κ2) is 10.3. The fourth-order valence-corrected chi connectivity index (χ4v) is 4.04. The molecule has 0 bridgehead atoms. The molecule has 0 radical (unpaired) electrons. The minimum absolute atomic E-state index is 0.0376. The number of nitrogens with one attached hydrogen (secondary N) is 1. The Morgan fingerprint density at radius 2 is 1.68 bits per heavy atom. The molecule has 0 aliphatic heterocycles. The van der Waals surface area contributed by atoms with Gasteiger partial charge in [0.05, 0.1) is 0 Å². The van der Waals surface area contributed by atoms with E-state index in [1.165, 1.54) is 25.8 Å². The number of hydrogen-bond acceptors (Lipinski definition) is 2. The molecule has 0 atom stereocenters. The maximum Gasteiger partial charge on any atom is 0.431 e. The summed E-state index contributed by atoms with van der Waals surface area (Å²) in [5.74, 6) is -0.838. The Balaban J connectivity index is 2.22. The quantitative estimate of drug-likeness (QED) is 0.481. The number of carbonyl (C=O) groups excluding carboxylic acids is 2. The highest BCUT2D eigenvalue weighted by Gasteiger charge is 2.41. The zero-order chi connectivity index (χ0) is 25.0. The molecule has 3 rings (SSSR count). The van der Waals surface area contributed by atoms with Crippen molar-refractivity contribution in [3.8, 4) is 11.1 Å². The van der Waals surface area contributed by atoms with Gasteiger partial charge in [-0.3, -0.25) is 9.59 Å². The summed E-state index contributed by atoms with van der Waals surface area (Å²) in [6, 6.07) is 15.0. The number of nitrogens with zero attached hydrogens (tertiary/aromatic N) is 2. The van der Waals surface area contributed by atoms with Gasteiger partial charge >= 0.3 is 6.18 Å². The van der Waals surface area contributed by atoms with E-state index in [1.807, 2.05) is 0 Å². The normalized spacial score (nSPS) is 11.4. The van der Waals surface area contributed by atoms with Crippen LogP contribution in [0.15, 0.2) is 54.6 Å². The third-order valence-electron chi connectivity index (χ3n) is 5.46. The first kappa shape index (κ1) is 25.4. The Labute approximate surface area is 201 Å². The molecule has 1 heterocycles. The van der Waals surface area contributed by atoms with E-state index in [-0.39, 0.29) is 42.4 Å². The molecule has 1 N–H and O–H groups in total. The molecule has 0 unspecified atom stereocenters. The predicted octanol–water partition coefficient (Wildman–Crippen LogP) is 5.39. The summed E-state index contributed by atoms with van der Waals surface area (Å²) in [6.07, 6.45) is -4.69. The first-order valence-corrected chi connectivity index (χ1v) is 11.0. The summed E-state index contributed by atoms with van der Waals surface area (Å²) in [7, 11) is 1.50. The van der Waals surface area contributed by atoms with Crippen LogP contribution in [0.1, 0.15) is 34.2 Å². The van der Waals surface area contributed by atoms with Crippen molar-refractivity contribution in [1.82, 2.24) is 14.8 Å². The van der Waals surface area contributed by atoms with Crippen LogP contribution in [0, 0.1) is 6.92 Å². The van der Waals surface area contributed by atoms with Crippen LogP contribution in [0.4, 0.5) is 13.2 Å². The van der Waals surface area contributed by atoms with E-state index in [0.717, 1.165) is 4.57 Å². The predicted molar refractivity (Wildman–Crippen MR) is 126 cm³/mol. The summed E-state index contributed by atoms with van der Waals surface area (Å²) >= 11 is 6.00. The van der Waals surface area contributed by atoms with Gasteiger partial charge in [0, 0.05) is 44.2 Å². The van der Waals surface area contributed by atoms with Gasteiger partial charge in [-0.2, -0.15) is 13.2 Å². The highest BCUT2D eigenvalue weighted by molar-refractivity contribution is 6.30. The third kappa shape index (κ3) is 5.62. The van der Waals surface area contributed by atoms with E-state index in [4.69, 9.17) is 11.6 Å². The molecule has 0 aliphatic rings. The van der Waals surface area contributed by atoms with Crippen LogP contribution in [-0.2, 0) is 17.5 Å². The van der Waals surface area contributed by atoms with Crippen molar-refractivity contribution in [2.24, 2.45) is 0 Å². The fraction of sp³-hybridized carbons (Fsp3) is 0.280. The van der Waals surface area contributed by atoms with Gasteiger partial charge in [-0.1, -0.05) is 54.1 Å². The van der Waals surface area contributed by atoms with Crippen LogP contribution in [-0.4, -0.2) is 41.4 Å². The Kier molecular flexibility index (Phi) is 7.71. The summed E-state index contributed by atoms with van der Waals surface area (Å²) in [4.78, 5) is 26.1. The van der Waals surface area contributed by atoms with E-state index in [2.05, 4.69) is 5.32 Å². The number of aromatic nitrogens is 1. The van der Waals surface area contributed by atoms with Gasteiger partial charge in [0.1, 0.15) is 11.4 Å². The number of alkyl halides is 3. The van der Waals surface area contributed by atoms with Gasteiger partial charge in [0.2, 0.25) is 5.91 Å². The van der Waals surface area contributed by atoms with Crippen LogP contribution >= 0.6 is 11.6 Å². The molecular formula is C25H25ClF3N3O2. The van der Waals surface area contributed by atoms with Crippen molar-refractivity contribution >= 4 is 23.4 Å². The van der Waals surface area contributed by atoms with E-state index in [9.17, 15) is 22.8 Å².